The number of rotatable bonds is 14. The molecule has 8 heteroatoms. The predicted octanol–water partition coefficient (Wildman–Crippen LogP) is 12.6. The van der Waals surface area contributed by atoms with Crippen LogP contribution in [0.2, 0.25) is 0 Å². The number of carbonyl (C=O) groups is 4. The molecule has 2 aliphatic heterocycles. The number of aromatic amines is 2. The zero-order valence-corrected chi connectivity index (χ0v) is 35.9. The van der Waals surface area contributed by atoms with Crippen LogP contribution < -0.4 is 0 Å². The standard InChI is InChI=1S/C50H60N4O4/c1-9-11-13-15-17-19-25-53-45(55)39-35-31-23-21-29(49(3,4)5)27-33(31)51-43(35)41-38-37(39)40(46(53)56)36-32-24-22-30(50(6,7)8)28-34(32)52-44(36)42(38)48(58)54(47(41)57)26-20-18-16-14-12-10-2/h21-24,27-28,51-52H,9-20,25-26H2,1-8H3. The molecule has 4 amide bonds. The normalized spacial score (nSPS) is 14.9. The third-order valence-electron chi connectivity index (χ3n) is 12.9. The van der Waals surface area contributed by atoms with Gasteiger partial charge < -0.3 is 9.97 Å². The van der Waals surface area contributed by atoms with Gasteiger partial charge in [-0.1, -0.05) is 144 Å². The first-order chi connectivity index (χ1) is 27.7. The smallest absolute Gasteiger partial charge is 0.263 e. The van der Waals surface area contributed by atoms with Gasteiger partial charge in [-0.3, -0.25) is 29.0 Å². The Hall–Kier alpha value is -4.98. The molecule has 2 aliphatic rings. The average molecular weight is 781 g/mol. The molecule has 0 atom stereocenters. The number of imide groups is 2. The van der Waals surface area contributed by atoms with Crippen molar-refractivity contribution in [2.24, 2.45) is 0 Å². The number of nitrogens with one attached hydrogen (secondary N) is 2. The molecule has 0 aliphatic carbocycles. The SMILES string of the molecule is CCCCCCCCN1C(=O)c2c3[nH]c4cc(C(C)(C)C)ccc4c3c3c4c(c5c([nH]c6cc(C(C)(C)C)ccc65)c(c24)C1=O)C(=O)N(CCCCCCCC)C3=O. The van der Waals surface area contributed by atoms with Crippen LogP contribution in [0.4, 0.5) is 0 Å². The molecule has 0 unspecified atom stereocenters. The molecule has 4 heterocycles. The molecule has 8 rings (SSSR count). The highest BCUT2D eigenvalue weighted by Gasteiger charge is 2.45. The van der Waals surface area contributed by atoms with Crippen molar-refractivity contribution in [3.8, 4) is 0 Å². The van der Waals surface area contributed by atoms with Crippen LogP contribution in [-0.2, 0) is 10.8 Å². The molecule has 0 saturated carbocycles. The van der Waals surface area contributed by atoms with Crippen LogP contribution in [0.25, 0.3) is 54.4 Å². The molecule has 8 nitrogen and oxygen atoms in total. The van der Waals surface area contributed by atoms with Crippen LogP contribution in [-0.4, -0.2) is 56.5 Å². The number of benzene rings is 4. The first-order valence-corrected chi connectivity index (χ1v) is 22.0. The summed E-state index contributed by atoms with van der Waals surface area (Å²) in [5.41, 5.74) is 6.22. The fourth-order valence-corrected chi connectivity index (χ4v) is 9.56. The number of nitrogens with zero attached hydrogens (tertiary/aromatic N) is 2. The summed E-state index contributed by atoms with van der Waals surface area (Å²) in [6.45, 7) is 18.0. The number of H-pyrrole nitrogens is 2. The highest BCUT2D eigenvalue weighted by molar-refractivity contribution is 6.45. The molecule has 0 radical (unpaired) electrons. The molecule has 304 valence electrons. The predicted molar refractivity (Wildman–Crippen MR) is 238 cm³/mol. The van der Waals surface area contributed by atoms with E-state index in [0.29, 0.717) is 80.8 Å². The van der Waals surface area contributed by atoms with Crippen LogP contribution in [0, 0.1) is 0 Å². The second-order valence-corrected chi connectivity index (χ2v) is 19.1. The van der Waals surface area contributed by atoms with Crippen LogP contribution in [0.5, 0.6) is 0 Å². The zero-order valence-electron chi connectivity index (χ0n) is 35.9. The van der Waals surface area contributed by atoms with Crippen molar-refractivity contribution < 1.29 is 19.2 Å². The number of unbranched alkanes of at least 4 members (excludes halogenated alkanes) is 10. The van der Waals surface area contributed by atoms with Crippen molar-refractivity contribution >= 4 is 78.0 Å². The molecule has 58 heavy (non-hydrogen) atoms. The van der Waals surface area contributed by atoms with Crippen LogP contribution in [0.3, 0.4) is 0 Å². The van der Waals surface area contributed by atoms with Gasteiger partial charge in [-0.2, -0.15) is 0 Å². The number of hydrogen-bond donors (Lipinski definition) is 2. The maximum Gasteiger partial charge on any atom is 0.263 e. The number of hydrogen-bond acceptors (Lipinski definition) is 4. The number of aromatic nitrogens is 2. The summed E-state index contributed by atoms with van der Waals surface area (Å²) in [4.78, 5) is 70.6. The van der Waals surface area contributed by atoms with Gasteiger partial charge in [0.15, 0.2) is 0 Å². The van der Waals surface area contributed by atoms with Gasteiger partial charge in [0.25, 0.3) is 23.6 Å². The van der Waals surface area contributed by atoms with E-state index in [0.717, 1.165) is 84.3 Å². The molecule has 2 aromatic heterocycles. The molecule has 4 aromatic carbocycles. The summed E-state index contributed by atoms with van der Waals surface area (Å²) in [6.07, 6.45) is 12.2. The number of carbonyl (C=O) groups excluding carboxylic acids is 4. The first-order valence-electron chi connectivity index (χ1n) is 22.0. The van der Waals surface area contributed by atoms with E-state index in [1.807, 2.05) is 0 Å². The van der Waals surface area contributed by atoms with Crippen molar-refractivity contribution in [2.45, 2.75) is 143 Å². The van der Waals surface area contributed by atoms with Crippen molar-refractivity contribution in [3.63, 3.8) is 0 Å². The minimum absolute atomic E-state index is 0.141. The summed E-state index contributed by atoms with van der Waals surface area (Å²) >= 11 is 0. The van der Waals surface area contributed by atoms with Gasteiger partial charge in [0.1, 0.15) is 0 Å². The Labute approximate surface area is 342 Å². The van der Waals surface area contributed by atoms with Gasteiger partial charge in [0.2, 0.25) is 0 Å². The highest BCUT2D eigenvalue weighted by atomic mass is 16.2. The van der Waals surface area contributed by atoms with Crippen LogP contribution in [0.1, 0.15) is 185 Å². The van der Waals surface area contributed by atoms with Gasteiger partial charge in [0.05, 0.1) is 33.3 Å². The summed E-state index contributed by atoms with van der Waals surface area (Å²) in [5, 5.41) is 3.78. The van der Waals surface area contributed by atoms with E-state index in [4.69, 9.17) is 0 Å². The summed E-state index contributed by atoms with van der Waals surface area (Å²) < 4.78 is 0. The van der Waals surface area contributed by atoms with E-state index >= 15 is 19.2 Å². The lowest BCUT2D eigenvalue weighted by molar-refractivity contribution is 0.0589. The maximum atomic E-state index is 15.2. The Morgan fingerprint density at radius 1 is 0.448 bits per heavy atom. The van der Waals surface area contributed by atoms with Crippen LogP contribution in [0.15, 0.2) is 36.4 Å². The molecule has 6 aromatic rings. The van der Waals surface area contributed by atoms with E-state index in [-0.39, 0.29) is 34.5 Å². The second-order valence-electron chi connectivity index (χ2n) is 19.1. The minimum atomic E-state index is -0.379. The van der Waals surface area contributed by atoms with Gasteiger partial charge in [-0.25, -0.2) is 0 Å². The Morgan fingerprint density at radius 3 is 1.17 bits per heavy atom. The number of fused-ring (bicyclic) bond motifs is 10. The zero-order chi connectivity index (χ0) is 41.3. The van der Waals surface area contributed by atoms with Crippen LogP contribution >= 0.6 is 0 Å². The molecular weight excluding hydrogens is 721 g/mol. The van der Waals surface area contributed by atoms with E-state index in [1.165, 1.54) is 22.6 Å². The minimum Gasteiger partial charge on any atom is -0.354 e. The van der Waals surface area contributed by atoms with Gasteiger partial charge in [-0.05, 0) is 46.9 Å². The Balaban J connectivity index is 1.45. The monoisotopic (exact) mass is 780 g/mol. The fraction of sp³-hybridized carbons (Fsp3) is 0.480. The molecule has 0 spiro atoms. The topological polar surface area (TPSA) is 106 Å². The average Bonchev–Trinajstić information content (AvgIpc) is 3.74. The van der Waals surface area contributed by atoms with E-state index in [9.17, 15) is 0 Å². The fourth-order valence-electron chi connectivity index (χ4n) is 9.56. The Bertz CT molecular complexity index is 2500. The summed E-state index contributed by atoms with van der Waals surface area (Å²) in [6, 6.07) is 12.5. The van der Waals surface area contributed by atoms with Crippen molar-refractivity contribution in [1.29, 1.82) is 0 Å². The van der Waals surface area contributed by atoms with E-state index in [2.05, 4.69) is 102 Å². The quantitative estimate of drug-likeness (QED) is 0.0848. The largest absolute Gasteiger partial charge is 0.354 e. The lowest BCUT2D eigenvalue weighted by atomic mass is 9.80. The summed E-state index contributed by atoms with van der Waals surface area (Å²) in [5.74, 6) is -1.48. The molecule has 0 saturated heterocycles. The van der Waals surface area contributed by atoms with Gasteiger partial charge in [-0.15, -0.1) is 0 Å². The van der Waals surface area contributed by atoms with Gasteiger partial charge >= 0.3 is 0 Å². The molecule has 0 bridgehead atoms. The Morgan fingerprint density at radius 2 is 0.793 bits per heavy atom. The van der Waals surface area contributed by atoms with Gasteiger partial charge in [0, 0.05) is 56.4 Å². The lowest BCUT2D eigenvalue weighted by Crippen LogP contribution is -2.44. The molecule has 2 N–H and O–H groups in total. The maximum absolute atomic E-state index is 15.2. The molecule has 0 fully saturated rings. The van der Waals surface area contributed by atoms with Crippen molar-refractivity contribution in [1.82, 2.24) is 19.8 Å². The van der Waals surface area contributed by atoms with E-state index < -0.39 is 0 Å². The lowest BCUT2D eigenvalue weighted by Gasteiger charge is -2.33. The van der Waals surface area contributed by atoms with Crippen molar-refractivity contribution in [3.05, 3.63) is 69.8 Å². The third-order valence-corrected chi connectivity index (χ3v) is 12.9. The summed E-state index contributed by atoms with van der Waals surface area (Å²) in [7, 11) is 0. The van der Waals surface area contributed by atoms with Crippen molar-refractivity contribution in [2.75, 3.05) is 13.1 Å². The first kappa shape index (κ1) is 39.8. The molecular formula is C50H60N4O4. The number of amides is 4. The third kappa shape index (κ3) is 6.42. The second kappa shape index (κ2) is 15.0. The Kier molecular flexibility index (Phi) is 10.3. The highest BCUT2D eigenvalue weighted by Crippen LogP contribution is 2.50. The van der Waals surface area contributed by atoms with E-state index in [1.54, 1.807) is 0 Å².